The minimum atomic E-state index is 0.149. The molecule has 0 aromatic carbocycles. The quantitative estimate of drug-likeness (QED) is 0.589. The first-order chi connectivity index (χ1) is 12.0. The highest BCUT2D eigenvalue weighted by atomic mass is 32.2. The van der Waals surface area contributed by atoms with E-state index in [1.807, 2.05) is 4.57 Å². The first-order valence-corrected chi connectivity index (χ1v) is 11.1. The van der Waals surface area contributed by atoms with Gasteiger partial charge < -0.3 is 4.74 Å². The highest BCUT2D eigenvalue weighted by Gasteiger charge is 2.26. The Hall–Kier alpha value is -0.850. The van der Waals surface area contributed by atoms with Gasteiger partial charge in [0.25, 0.3) is 5.56 Å². The molecule has 2 aliphatic rings. The fraction of sp³-hybridized carbons (Fsp3) is 0.684. The molecular weight excluding hydrogens is 352 g/mol. The number of hydrogen-bond donors (Lipinski definition) is 0. The maximum Gasteiger partial charge on any atom is 0.263 e. The monoisotopic (exact) mass is 378 g/mol. The summed E-state index contributed by atoms with van der Waals surface area (Å²) in [5, 5.41) is 2.14. The van der Waals surface area contributed by atoms with Crippen LogP contribution in [-0.2, 0) is 24.1 Å². The van der Waals surface area contributed by atoms with Crippen molar-refractivity contribution < 1.29 is 4.74 Å². The van der Waals surface area contributed by atoms with Gasteiger partial charge in [0.15, 0.2) is 5.16 Å². The van der Waals surface area contributed by atoms with Gasteiger partial charge in [0, 0.05) is 16.7 Å². The molecule has 2 aromatic rings. The molecule has 0 saturated carbocycles. The van der Waals surface area contributed by atoms with E-state index in [1.54, 1.807) is 23.1 Å². The molecule has 25 heavy (non-hydrogen) atoms. The number of aryl methyl sites for hydroxylation is 1. The van der Waals surface area contributed by atoms with E-state index in [1.165, 1.54) is 16.9 Å². The van der Waals surface area contributed by atoms with E-state index in [-0.39, 0.29) is 11.7 Å². The smallest absolute Gasteiger partial charge is 0.263 e. The van der Waals surface area contributed by atoms with Crippen molar-refractivity contribution in [2.24, 2.45) is 5.92 Å². The van der Waals surface area contributed by atoms with E-state index in [4.69, 9.17) is 9.72 Å². The zero-order valence-electron chi connectivity index (χ0n) is 15.2. The lowest BCUT2D eigenvalue weighted by molar-refractivity contribution is 0.0937. The molecule has 136 valence electrons. The summed E-state index contributed by atoms with van der Waals surface area (Å²) in [6.07, 6.45) is 5.56. The Labute approximate surface area is 157 Å². The highest BCUT2D eigenvalue weighted by molar-refractivity contribution is 7.99. The number of thioether (sulfide) groups is 1. The van der Waals surface area contributed by atoms with Crippen molar-refractivity contribution in [2.75, 3.05) is 6.61 Å². The molecule has 1 aliphatic carbocycles. The van der Waals surface area contributed by atoms with Gasteiger partial charge in [0.05, 0.1) is 18.0 Å². The Bertz CT molecular complexity index is 834. The second-order valence-corrected chi connectivity index (χ2v) is 10.3. The molecule has 2 atom stereocenters. The summed E-state index contributed by atoms with van der Waals surface area (Å²) in [5.74, 6) is 0.708. The van der Waals surface area contributed by atoms with Crippen LogP contribution in [0.5, 0.6) is 0 Å². The van der Waals surface area contributed by atoms with Gasteiger partial charge in [-0.05, 0) is 43.6 Å². The summed E-state index contributed by atoms with van der Waals surface area (Å²) < 4.78 is 7.69. The Morgan fingerprint density at radius 2 is 2.24 bits per heavy atom. The third kappa shape index (κ3) is 3.40. The molecule has 6 heteroatoms. The number of rotatable bonds is 4. The van der Waals surface area contributed by atoms with Crippen LogP contribution >= 0.6 is 23.1 Å². The second-order valence-electron chi connectivity index (χ2n) is 7.64. The van der Waals surface area contributed by atoms with Crippen molar-refractivity contribution in [2.45, 2.75) is 75.9 Å². The molecule has 4 rings (SSSR count). The molecule has 2 unspecified atom stereocenters. The number of fused-ring (bicyclic) bond motifs is 3. The summed E-state index contributed by atoms with van der Waals surface area (Å²) in [6, 6.07) is 0. The van der Waals surface area contributed by atoms with E-state index in [0.717, 1.165) is 47.7 Å². The molecule has 3 heterocycles. The molecule has 0 spiro atoms. The largest absolute Gasteiger partial charge is 0.376 e. The molecule has 0 bridgehead atoms. The SMILES string of the molecule is CC1CCc2c(sc3nc(SC(C)C)n(CC4CCCO4)c(=O)c23)C1. The minimum absolute atomic E-state index is 0.149. The van der Waals surface area contributed by atoms with Gasteiger partial charge >= 0.3 is 0 Å². The molecule has 1 aliphatic heterocycles. The number of hydrogen-bond acceptors (Lipinski definition) is 5. The van der Waals surface area contributed by atoms with Crippen molar-refractivity contribution in [3.63, 3.8) is 0 Å². The molecular formula is C19H26N2O2S2. The van der Waals surface area contributed by atoms with Crippen molar-refractivity contribution in [3.05, 3.63) is 20.8 Å². The van der Waals surface area contributed by atoms with Crippen LogP contribution in [0.2, 0.25) is 0 Å². The first kappa shape index (κ1) is 17.6. The van der Waals surface area contributed by atoms with Crippen LogP contribution in [0.15, 0.2) is 9.95 Å². The van der Waals surface area contributed by atoms with E-state index in [0.29, 0.717) is 17.7 Å². The third-order valence-corrected chi connectivity index (χ3v) is 7.27. The van der Waals surface area contributed by atoms with Crippen LogP contribution in [0, 0.1) is 5.92 Å². The van der Waals surface area contributed by atoms with Crippen molar-refractivity contribution in [1.29, 1.82) is 0 Å². The van der Waals surface area contributed by atoms with Crippen LogP contribution in [0.25, 0.3) is 10.2 Å². The maximum atomic E-state index is 13.4. The number of ether oxygens (including phenoxy) is 1. The highest BCUT2D eigenvalue weighted by Crippen LogP contribution is 2.37. The molecule has 1 fully saturated rings. The number of nitrogens with zero attached hydrogens (tertiary/aromatic N) is 2. The van der Waals surface area contributed by atoms with Gasteiger partial charge in [-0.25, -0.2) is 4.98 Å². The van der Waals surface area contributed by atoms with Gasteiger partial charge in [0.1, 0.15) is 4.83 Å². The zero-order valence-corrected chi connectivity index (χ0v) is 16.8. The Kier molecular flexibility index (Phi) is 4.95. The summed E-state index contributed by atoms with van der Waals surface area (Å²) in [5.41, 5.74) is 1.42. The molecule has 4 nitrogen and oxygen atoms in total. The van der Waals surface area contributed by atoms with Crippen molar-refractivity contribution >= 4 is 33.3 Å². The lowest BCUT2D eigenvalue weighted by atomic mass is 9.89. The van der Waals surface area contributed by atoms with E-state index in [2.05, 4.69) is 20.8 Å². The van der Waals surface area contributed by atoms with E-state index >= 15 is 0 Å². The first-order valence-electron chi connectivity index (χ1n) is 9.36. The maximum absolute atomic E-state index is 13.4. The fourth-order valence-electron chi connectivity index (χ4n) is 3.86. The van der Waals surface area contributed by atoms with Gasteiger partial charge in [-0.3, -0.25) is 9.36 Å². The normalized spacial score (nSPS) is 23.5. The molecule has 2 aromatic heterocycles. The lowest BCUT2D eigenvalue weighted by Gasteiger charge is -2.18. The minimum Gasteiger partial charge on any atom is -0.376 e. The summed E-state index contributed by atoms with van der Waals surface area (Å²) in [7, 11) is 0. The summed E-state index contributed by atoms with van der Waals surface area (Å²) in [6.45, 7) is 8.05. The van der Waals surface area contributed by atoms with Gasteiger partial charge in [-0.2, -0.15) is 0 Å². The van der Waals surface area contributed by atoms with Crippen molar-refractivity contribution in [1.82, 2.24) is 9.55 Å². The predicted molar refractivity (Wildman–Crippen MR) is 105 cm³/mol. The summed E-state index contributed by atoms with van der Waals surface area (Å²) >= 11 is 3.43. The van der Waals surface area contributed by atoms with Crippen LogP contribution in [0.3, 0.4) is 0 Å². The number of thiophene rings is 1. The van der Waals surface area contributed by atoms with Gasteiger partial charge in [0.2, 0.25) is 0 Å². The van der Waals surface area contributed by atoms with Gasteiger partial charge in [-0.1, -0.05) is 32.5 Å². The molecule has 0 amide bonds. The van der Waals surface area contributed by atoms with Gasteiger partial charge in [-0.15, -0.1) is 11.3 Å². The van der Waals surface area contributed by atoms with Crippen LogP contribution in [-0.4, -0.2) is 27.5 Å². The average molecular weight is 379 g/mol. The Morgan fingerprint density at radius 3 is 2.96 bits per heavy atom. The predicted octanol–water partition coefficient (Wildman–Crippen LogP) is 4.26. The van der Waals surface area contributed by atoms with Crippen LogP contribution in [0.4, 0.5) is 0 Å². The van der Waals surface area contributed by atoms with E-state index < -0.39 is 0 Å². The molecule has 0 N–H and O–H groups in total. The molecule has 1 saturated heterocycles. The summed E-state index contributed by atoms with van der Waals surface area (Å²) in [4.78, 5) is 20.7. The zero-order chi connectivity index (χ0) is 17.6. The van der Waals surface area contributed by atoms with Crippen LogP contribution < -0.4 is 5.56 Å². The van der Waals surface area contributed by atoms with E-state index in [9.17, 15) is 4.79 Å². The number of aromatic nitrogens is 2. The average Bonchev–Trinajstić information content (AvgIpc) is 3.17. The topological polar surface area (TPSA) is 44.1 Å². The molecule has 0 radical (unpaired) electrons. The van der Waals surface area contributed by atoms with Crippen LogP contribution in [0.1, 0.15) is 50.5 Å². The van der Waals surface area contributed by atoms with Crippen molar-refractivity contribution in [3.8, 4) is 0 Å². The fourth-order valence-corrected chi connectivity index (χ4v) is 6.14. The second kappa shape index (κ2) is 7.05. The standard InChI is InChI=1S/C19H26N2O2S2/c1-11(2)24-19-20-17-16(14-7-6-12(3)9-15(14)25-17)18(22)21(19)10-13-5-4-8-23-13/h11-13H,4-10H2,1-3H3. The lowest BCUT2D eigenvalue weighted by Crippen LogP contribution is -2.29. The third-order valence-electron chi connectivity index (χ3n) is 5.13. The Morgan fingerprint density at radius 1 is 1.40 bits per heavy atom. The Balaban J connectivity index is 1.84.